The number of carbonyl (C=O) groups is 1. The fraction of sp³-hybridized carbons (Fsp3) is 0.304. The van der Waals surface area contributed by atoms with Crippen molar-refractivity contribution in [1.82, 2.24) is 23.8 Å². The second kappa shape index (κ2) is 8.53. The Bertz CT molecular complexity index is 1370. The van der Waals surface area contributed by atoms with Crippen molar-refractivity contribution in [3.8, 4) is 17.3 Å². The van der Waals surface area contributed by atoms with Crippen LogP contribution in [0.25, 0.3) is 17.4 Å². The van der Waals surface area contributed by atoms with Crippen molar-refractivity contribution < 1.29 is 18.7 Å². The van der Waals surface area contributed by atoms with Gasteiger partial charge in [-0.15, -0.1) is 0 Å². The van der Waals surface area contributed by atoms with Gasteiger partial charge in [0.25, 0.3) is 0 Å². The minimum atomic E-state index is -0.683. The van der Waals surface area contributed by atoms with E-state index in [0.29, 0.717) is 12.2 Å². The van der Waals surface area contributed by atoms with Crippen molar-refractivity contribution in [3.05, 3.63) is 70.4 Å². The van der Waals surface area contributed by atoms with Crippen LogP contribution in [0.5, 0.6) is 5.75 Å². The summed E-state index contributed by atoms with van der Waals surface area (Å²) in [4.78, 5) is 35.8. The maximum absolute atomic E-state index is 13.1. The van der Waals surface area contributed by atoms with Crippen molar-refractivity contribution in [3.63, 3.8) is 0 Å². The van der Waals surface area contributed by atoms with E-state index in [1.165, 1.54) is 28.9 Å². The van der Waals surface area contributed by atoms with Crippen LogP contribution >= 0.6 is 0 Å². The molecule has 33 heavy (non-hydrogen) atoms. The van der Waals surface area contributed by atoms with Gasteiger partial charge in [0.1, 0.15) is 18.1 Å². The third kappa shape index (κ3) is 4.11. The summed E-state index contributed by atoms with van der Waals surface area (Å²) < 4.78 is 21.6. The van der Waals surface area contributed by atoms with Gasteiger partial charge < -0.3 is 19.0 Å². The van der Waals surface area contributed by atoms with Crippen LogP contribution in [0, 0.1) is 5.82 Å². The molecular formula is C23H22FN5O4. The highest BCUT2D eigenvalue weighted by Gasteiger charge is 2.22. The topological polar surface area (TPSA) is 106 Å². The Morgan fingerprint density at radius 3 is 2.64 bits per heavy atom. The first-order valence-corrected chi connectivity index (χ1v) is 10.8. The third-order valence-corrected chi connectivity index (χ3v) is 5.79. The Morgan fingerprint density at radius 2 is 1.88 bits per heavy atom. The number of aromatic hydroxyl groups is 1. The number of rotatable bonds is 5. The van der Waals surface area contributed by atoms with E-state index in [2.05, 4.69) is 9.97 Å². The van der Waals surface area contributed by atoms with Crippen molar-refractivity contribution in [2.24, 2.45) is 0 Å². The molecule has 1 aliphatic heterocycles. The first-order valence-electron chi connectivity index (χ1n) is 10.8. The lowest BCUT2D eigenvalue weighted by molar-refractivity contribution is -0.132. The zero-order valence-electron chi connectivity index (χ0n) is 17.8. The number of nitrogens with zero attached hydrogens (tertiary/aromatic N) is 5. The van der Waals surface area contributed by atoms with E-state index in [9.17, 15) is 19.1 Å². The number of benzene rings is 1. The second-order valence-electron chi connectivity index (χ2n) is 8.09. The van der Waals surface area contributed by atoms with Gasteiger partial charge >= 0.3 is 5.56 Å². The molecule has 0 aliphatic carbocycles. The number of hydrogen-bond acceptors (Lipinski definition) is 6. The van der Waals surface area contributed by atoms with Gasteiger partial charge in [0.2, 0.25) is 23.3 Å². The summed E-state index contributed by atoms with van der Waals surface area (Å²) in [6.45, 7) is 1.49. The number of likely N-dealkylation sites (tertiary alicyclic amines) is 1. The van der Waals surface area contributed by atoms with Crippen molar-refractivity contribution in [2.75, 3.05) is 13.1 Å². The number of imidazole rings is 1. The minimum absolute atomic E-state index is 0.0145. The normalized spacial score (nSPS) is 14.2. The average molecular weight is 451 g/mol. The van der Waals surface area contributed by atoms with Gasteiger partial charge in [-0.1, -0.05) is 12.1 Å². The fourth-order valence-corrected chi connectivity index (χ4v) is 4.03. The molecule has 170 valence electrons. The molecule has 1 saturated heterocycles. The van der Waals surface area contributed by atoms with E-state index in [1.54, 1.807) is 22.9 Å². The molecule has 0 saturated carbocycles. The van der Waals surface area contributed by atoms with E-state index in [4.69, 9.17) is 4.42 Å². The van der Waals surface area contributed by atoms with Crippen molar-refractivity contribution in [1.29, 1.82) is 0 Å². The summed E-state index contributed by atoms with van der Waals surface area (Å²) in [6, 6.07) is 5.98. The number of oxazole rings is 1. The lowest BCUT2D eigenvalue weighted by Crippen LogP contribution is -2.37. The molecule has 3 aromatic heterocycles. The Labute approximate surface area is 187 Å². The highest BCUT2D eigenvalue weighted by atomic mass is 19.1. The summed E-state index contributed by atoms with van der Waals surface area (Å²) in [7, 11) is 0. The Morgan fingerprint density at radius 1 is 1.12 bits per heavy atom. The van der Waals surface area contributed by atoms with Crippen LogP contribution in [-0.4, -0.2) is 47.9 Å². The molecule has 1 fully saturated rings. The number of amides is 1. The molecule has 1 aromatic carbocycles. The first kappa shape index (κ1) is 20.9. The number of fused-ring (bicyclic) bond motifs is 1. The molecule has 0 bridgehead atoms. The number of carbonyl (C=O) groups excluding carboxylic acids is 1. The summed E-state index contributed by atoms with van der Waals surface area (Å²) in [5, 5.41) is 10.5. The minimum Gasteiger partial charge on any atom is -0.501 e. The zero-order valence-corrected chi connectivity index (χ0v) is 17.8. The quantitative estimate of drug-likeness (QED) is 0.500. The van der Waals surface area contributed by atoms with Gasteiger partial charge in [-0.05, 0) is 37.0 Å². The Hall–Kier alpha value is -3.95. The van der Waals surface area contributed by atoms with Crippen LogP contribution in [0.15, 0.2) is 52.1 Å². The Kier molecular flexibility index (Phi) is 5.41. The predicted octanol–water partition coefficient (Wildman–Crippen LogP) is 2.60. The average Bonchev–Trinajstić information content (AvgIpc) is 3.45. The molecule has 1 N–H and O–H groups in total. The maximum Gasteiger partial charge on any atom is 0.302 e. The van der Waals surface area contributed by atoms with E-state index in [1.807, 2.05) is 4.90 Å². The molecular weight excluding hydrogens is 429 g/mol. The molecule has 1 amide bonds. The third-order valence-electron chi connectivity index (χ3n) is 5.79. The van der Waals surface area contributed by atoms with E-state index < -0.39 is 11.3 Å². The lowest BCUT2D eigenvalue weighted by atomic mass is 10.1. The maximum atomic E-state index is 13.1. The predicted molar refractivity (Wildman–Crippen MR) is 116 cm³/mol. The van der Waals surface area contributed by atoms with Gasteiger partial charge in [0, 0.05) is 31.9 Å². The second-order valence-corrected chi connectivity index (χ2v) is 8.09. The van der Waals surface area contributed by atoms with Crippen molar-refractivity contribution in [2.45, 2.75) is 32.2 Å². The van der Waals surface area contributed by atoms with Crippen LogP contribution in [0.3, 0.4) is 0 Å². The van der Waals surface area contributed by atoms with Crippen LogP contribution in [0.1, 0.15) is 30.6 Å². The standard InChI is InChI=1S/C23H22FN5O4/c24-16-6-4-15(5-7-16)12-17-13-25-21(33-17)19-20(31)22(32)29-11-10-28(23(29)26-19)14-18(30)27-8-2-1-3-9-27/h4-7,10-11,13,31H,1-3,8-9,12,14H2. The number of aromatic nitrogens is 4. The molecule has 0 spiro atoms. The van der Waals surface area contributed by atoms with Gasteiger partial charge in [-0.2, -0.15) is 0 Å². The largest absolute Gasteiger partial charge is 0.501 e. The molecule has 9 nitrogen and oxygen atoms in total. The highest BCUT2D eigenvalue weighted by molar-refractivity contribution is 5.76. The molecule has 4 aromatic rings. The zero-order chi connectivity index (χ0) is 22.9. The number of halogens is 1. The van der Waals surface area contributed by atoms with Gasteiger partial charge in [-0.3, -0.25) is 9.59 Å². The van der Waals surface area contributed by atoms with Crippen LogP contribution in [-0.2, 0) is 17.8 Å². The summed E-state index contributed by atoms with van der Waals surface area (Å²) in [5.41, 5.74) is 0.0325. The summed E-state index contributed by atoms with van der Waals surface area (Å²) in [6.07, 6.45) is 7.97. The van der Waals surface area contributed by atoms with E-state index >= 15 is 0 Å². The number of piperidine rings is 1. The lowest BCUT2D eigenvalue weighted by Gasteiger charge is -2.26. The molecule has 0 unspecified atom stereocenters. The molecule has 0 atom stereocenters. The van der Waals surface area contributed by atoms with Crippen LogP contribution in [0.4, 0.5) is 4.39 Å². The molecule has 0 radical (unpaired) electrons. The molecule has 4 heterocycles. The smallest absolute Gasteiger partial charge is 0.302 e. The summed E-state index contributed by atoms with van der Waals surface area (Å²) in [5.74, 6) is -0.316. The van der Waals surface area contributed by atoms with Crippen molar-refractivity contribution >= 4 is 11.7 Å². The highest BCUT2D eigenvalue weighted by Crippen LogP contribution is 2.25. The van der Waals surface area contributed by atoms with Gasteiger partial charge in [0.15, 0.2) is 5.69 Å². The van der Waals surface area contributed by atoms with E-state index in [-0.39, 0.29) is 35.6 Å². The van der Waals surface area contributed by atoms with Crippen LogP contribution < -0.4 is 5.56 Å². The SMILES string of the molecule is O=C(Cn1ccn2c(=O)c(O)c(-c3ncc(Cc4ccc(F)cc4)o3)nc12)N1CCCCC1. The molecule has 10 heteroatoms. The fourth-order valence-electron chi connectivity index (χ4n) is 4.03. The first-order chi connectivity index (χ1) is 16.0. The molecule has 1 aliphatic rings. The van der Waals surface area contributed by atoms with Gasteiger partial charge in [0.05, 0.1) is 6.20 Å². The Balaban J connectivity index is 1.45. The van der Waals surface area contributed by atoms with Gasteiger partial charge in [-0.25, -0.2) is 18.8 Å². The van der Waals surface area contributed by atoms with E-state index in [0.717, 1.165) is 37.9 Å². The monoisotopic (exact) mass is 451 g/mol. The number of hydrogen-bond donors (Lipinski definition) is 1. The van der Waals surface area contributed by atoms with Crippen LogP contribution in [0.2, 0.25) is 0 Å². The summed E-state index contributed by atoms with van der Waals surface area (Å²) >= 11 is 0. The molecule has 5 rings (SSSR count).